The van der Waals surface area contributed by atoms with Crippen LogP contribution in [0.1, 0.15) is 22.9 Å². The molecule has 1 N–H and O–H groups in total. The van der Waals surface area contributed by atoms with Crippen molar-refractivity contribution in [1.29, 1.82) is 0 Å². The summed E-state index contributed by atoms with van der Waals surface area (Å²) in [7, 11) is 0. The van der Waals surface area contributed by atoms with E-state index in [4.69, 9.17) is 23.2 Å². The number of carbonyl (C=O) groups is 1. The van der Waals surface area contributed by atoms with Gasteiger partial charge in [0.15, 0.2) is 5.13 Å². The number of hydrogen-bond acceptors (Lipinski definition) is 3. The molecule has 0 bridgehead atoms. The zero-order chi connectivity index (χ0) is 17.2. The summed E-state index contributed by atoms with van der Waals surface area (Å²) in [5, 5.41) is 1.84. The summed E-state index contributed by atoms with van der Waals surface area (Å²) < 4.78 is 38.5. The maximum Gasteiger partial charge on any atom is 0.417 e. The number of hydrogen-bond donors (Lipinski definition) is 1. The summed E-state index contributed by atoms with van der Waals surface area (Å²) in [5.74, 6) is -0.390. The Morgan fingerprint density at radius 3 is 2.74 bits per heavy atom. The molecule has 1 atom stereocenters. The molecular formula is C14H11Cl2F3N2OS. The molecule has 9 heteroatoms. The fourth-order valence-corrected chi connectivity index (χ4v) is 2.88. The highest BCUT2D eigenvalue weighted by atomic mass is 35.5. The second-order valence-corrected chi connectivity index (χ2v) is 6.90. The van der Waals surface area contributed by atoms with Crippen LogP contribution in [0.2, 0.25) is 5.02 Å². The summed E-state index contributed by atoms with van der Waals surface area (Å²) in [6.45, 7) is 1.53. The molecule has 1 unspecified atom stereocenters. The first-order chi connectivity index (χ1) is 10.7. The van der Waals surface area contributed by atoms with Crippen LogP contribution in [0.15, 0.2) is 24.4 Å². The van der Waals surface area contributed by atoms with Gasteiger partial charge in [-0.2, -0.15) is 13.2 Å². The standard InChI is InChI=1S/C14H11Cl2F3N2OS/c1-7(15)12(22)21-13-20-6-9(23-13)4-8-2-3-11(16)10(5-8)14(17,18)19/h2-3,5-7H,4H2,1H3,(H,20,21,22). The summed E-state index contributed by atoms with van der Waals surface area (Å²) in [4.78, 5) is 16.2. The second kappa shape index (κ2) is 7.07. The lowest BCUT2D eigenvalue weighted by atomic mass is 10.1. The van der Waals surface area contributed by atoms with Crippen molar-refractivity contribution in [3.05, 3.63) is 45.4 Å². The van der Waals surface area contributed by atoms with Crippen LogP contribution in [0.5, 0.6) is 0 Å². The number of amides is 1. The summed E-state index contributed by atoms with van der Waals surface area (Å²) in [5.41, 5.74) is -0.417. The van der Waals surface area contributed by atoms with E-state index in [9.17, 15) is 18.0 Å². The molecule has 0 fully saturated rings. The minimum absolute atomic E-state index is 0.254. The Labute approximate surface area is 144 Å². The van der Waals surface area contributed by atoms with Gasteiger partial charge in [0.05, 0.1) is 10.6 Å². The van der Waals surface area contributed by atoms with Crippen LogP contribution >= 0.6 is 34.5 Å². The predicted molar refractivity (Wildman–Crippen MR) is 85.3 cm³/mol. The number of thiazole rings is 1. The molecule has 0 aliphatic carbocycles. The van der Waals surface area contributed by atoms with Crippen molar-refractivity contribution in [3.63, 3.8) is 0 Å². The molecule has 0 spiro atoms. The van der Waals surface area contributed by atoms with Gasteiger partial charge in [-0.15, -0.1) is 22.9 Å². The molecule has 3 nitrogen and oxygen atoms in total. The maximum absolute atomic E-state index is 12.8. The third kappa shape index (κ3) is 4.83. The molecule has 0 aliphatic heterocycles. The lowest BCUT2D eigenvalue weighted by Gasteiger charge is -2.10. The van der Waals surface area contributed by atoms with Gasteiger partial charge in [0, 0.05) is 17.5 Å². The molecule has 23 heavy (non-hydrogen) atoms. The van der Waals surface area contributed by atoms with E-state index in [0.29, 0.717) is 15.6 Å². The SMILES string of the molecule is CC(Cl)C(=O)Nc1ncc(Cc2ccc(Cl)c(C(F)(F)F)c2)s1. The highest BCUT2D eigenvalue weighted by Gasteiger charge is 2.33. The second-order valence-electron chi connectivity index (χ2n) is 4.73. The number of benzene rings is 1. The first kappa shape index (κ1) is 18.0. The van der Waals surface area contributed by atoms with Crippen molar-refractivity contribution in [3.8, 4) is 0 Å². The highest BCUT2D eigenvalue weighted by Crippen LogP contribution is 2.35. The lowest BCUT2D eigenvalue weighted by molar-refractivity contribution is -0.137. The van der Waals surface area contributed by atoms with Gasteiger partial charge in [0.1, 0.15) is 5.38 Å². The van der Waals surface area contributed by atoms with Crippen molar-refractivity contribution in [2.75, 3.05) is 5.32 Å². The summed E-state index contributed by atoms with van der Waals surface area (Å²) in [6.07, 6.45) is -2.75. The van der Waals surface area contributed by atoms with Crippen LogP contribution in [0.3, 0.4) is 0 Å². The summed E-state index contributed by atoms with van der Waals surface area (Å²) in [6, 6.07) is 3.76. The molecule has 1 heterocycles. The Balaban J connectivity index is 2.14. The Morgan fingerprint density at radius 2 is 2.13 bits per heavy atom. The van der Waals surface area contributed by atoms with Crippen LogP contribution in [0.25, 0.3) is 0 Å². The van der Waals surface area contributed by atoms with Crippen molar-refractivity contribution < 1.29 is 18.0 Å². The Bertz CT molecular complexity index is 716. The monoisotopic (exact) mass is 382 g/mol. The zero-order valence-electron chi connectivity index (χ0n) is 11.7. The van der Waals surface area contributed by atoms with Gasteiger partial charge in [-0.3, -0.25) is 4.79 Å². The number of halogens is 5. The molecular weight excluding hydrogens is 372 g/mol. The molecule has 1 aromatic carbocycles. The van der Waals surface area contributed by atoms with Gasteiger partial charge < -0.3 is 5.32 Å². The van der Waals surface area contributed by atoms with E-state index in [1.54, 1.807) is 0 Å². The van der Waals surface area contributed by atoms with Crippen LogP contribution in [-0.4, -0.2) is 16.3 Å². The number of rotatable bonds is 4. The highest BCUT2D eigenvalue weighted by molar-refractivity contribution is 7.15. The third-order valence-electron chi connectivity index (χ3n) is 2.86. The van der Waals surface area contributed by atoms with Gasteiger partial charge in [0.2, 0.25) is 5.91 Å². The molecule has 124 valence electrons. The first-order valence-corrected chi connectivity index (χ1v) is 8.05. The van der Waals surface area contributed by atoms with Gasteiger partial charge in [-0.1, -0.05) is 17.7 Å². The van der Waals surface area contributed by atoms with E-state index >= 15 is 0 Å². The number of alkyl halides is 4. The van der Waals surface area contributed by atoms with E-state index < -0.39 is 23.0 Å². The molecule has 1 amide bonds. The fraction of sp³-hybridized carbons (Fsp3) is 0.286. The lowest BCUT2D eigenvalue weighted by Crippen LogP contribution is -2.19. The molecule has 0 radical (unpaired) electrons. The van der Waals surface area contributed by atoms with Gasteiger partial charge in [0.25, 0.3) is 0 Å². The van der Waals surface area contributed by atoms with E-state index in [1.165, 1.54) is 36.6 Å². The quantitative estimate of drug-likeness (QED) is 0.758. The normalized spacial score (nSPS) is 13.0. The van der Waals surface area contributed by atoms with Crippen molar-refractivity contribution in [2.24, 2.45) is 0 Å². The number of nitrogens with one attached hydrogen (secondary N) is 1. The molecule has 2 rings (SSSR count). The van der Waals surface area contributed by atoms with Gasteiger partial charge >= 0.3 is 6.18 Å². The number of carbonyl (C=O) groups excluding carboxylic acids is 1. The Hall–Kier alpha value is -1.31. The third-order valence-corrected chi connectivity index (χ3v) is 4.30. The fourth-order valence-electron chi connectivity index (χ4n) is 1.75. The Kier molecular flexibility index (Phi) is 5.54. The van der Waals surface area contributed by atoms with Gasteiger partial charge in [-0.05, 0) is 24.6 Å². The van der Waals surface area contributed by atoms with E-state index in [1.807, 2.05) is 0 Å². The maximum atomic E-state index is 12.8. The number of anilines is 1. The van der Waals surface area contributed by atoms with E-state index in [2.05, 4.69) is 10.3 Å². The van der Waals surface area contributed by atoms with Crippen molar-refractivity contribution >= 4 is 45.6 Å². The predicted octanol–water partition coefficient (Wildman–Crippen LogP) is 4.97. The topological polar surface area (TPSA) is 42.0 Å². The number of nitrogens with zero attached hydrogens (tertiary/aromatic N) is 1. The minimum atomic E-state index is -4.50. The van der Waals surface area contributed by atoms with Crippen LogP contribution < -0.4 is 5.32 Å². The molecule has 1 aromatic heterocycles. The minimum Gasteiger partial charge on any atom is -0.301 e. The largest absolute Gasteiger partial charge is 0.417 e. The van der Waals surface area contributed by atoms with E-state index in [0.717, 1.165) is 6.07 Å². The van der Waals surface area contributed by atoms with Gasteiger partial charge in [-0.25, -0.2) is 4.98 Å². The molecule has 0 saturated carbocycles. The summed E-state index contributed by atoms with van der Waals surface area (Å²) >= 11 is 12.4. The Morgan fingerprint density at radius 1 is 1.43 bits per heavy atom. The average Bonchev–Trinajstić information content (AvgIpc) is 2.86. The average molecular weight is 383 g/mol. The molecule has 0 saturated heterocycles. The van der Waals surface area contributed by atoms with E-state index in [-0.39, 0.29) is 11.4 Å². The molecule has 2 aromatic rings. The van der Waals surface area contributed by atoms with Crippen LogP contribution in [-0.2, 0) is 17.4 Å². The van der Waals surface area contributed by atoms with Crippen LogP contribution in [0.4, 0.5) is 18.3 Å². The van der Waals surface area contributed by atoms with Crippen molar-refractivity contribution in [1.82, 2.24) is 4.98 Å². The zero-order valence-corrected chi connectivity index (χ0v) is 14.1. The number of aromatic nitrogens is 1. The van der Waals surface area contributed by atoms with Crippen LogP contribution in [0, 0.1) is 0 Å². The molecule has 0 aliphatic rings. The van der Waals surface area contributed by atoms with Crippen molar-refractivity contribution in [2.45, 2.75) is 24.9 Å². The first-order valence-electron chi connectivity index (χ1n) is 6.42. The smallest absolute Gasteiger partial charge is 0.301 e.